The van der Waals surface area contributed by atoms with E-state index in [4.69, 9.17) is 5.14 Å². The van der Waals surface area contributed by atoms with E-state index in [1.807, 2.05) is 0 Å². The second kappa shape index (κ2) is 6.63. The van der Waals surface area contributed by atoms with Crippen LogP contribution in [-0.2, 0) is 26.0 Å². The molecule has 3 N–H and O–H groups in total. The molecule has 0 radical (unpaired) electrons. The molecule has 1 amide bonds. The first kappa shape index (κ1) is 17.4. The summed E-state index contributed by atoms with van der Waals surface area (Å²) < 4.78 is 35.2. The van der Waals surface area contributed by atoms with Gasteiger partial charge in [-0.1, -0.05) is 12.1 Å². The minimum absolute atomic E-state index is 0.0173. The van der Waals surface area contributed by atoms with Gasteiger partial charge < -0.3 is 10.0 Å². The first-order valence-electron chi connectivity index (χ1n) is 6.93. The summed E-state index contributed by atoms with van der Waals surface area (Å²) in [5.41, 5.74) is 0.571. The van der Waals surface area contributed by atoms with Crippen molar-refractivity contribution in [3.8, 4) is 0 Å². The van der Waals surface area contributed by atoms with Crippen LogP contribution < -0.4 is 5.14 Å². The number of aliphatic carboxylic acids is 1. The fraction of sp³-hybridized carbons (Fsp3) is 0.429. The highest BCUT2D eigenvalue weighted by Gasteiger charge is 2.38. The Balaban J connectivity index is 2.13. The number of sulfonamides is 1. The number of halogens is 1. The molecule has 0 aliphatic carbocycles. The largest absolute Gasteiger partial charge is 0.480 e. The highest BCUT2D eigenvalue weighted by molar-refractivity contribution is 7.89. The second-order valence-electron chi connectivity index (χ2n) is 5.63. The van der Waals surface area contributed by atoms with Crippen LogP contribution in [0.2, 0.25) is 0 Å². The van der Waals surface area contributed by atoms with Crippen molar-refractivity contribution >= 4 is 21.9 Å². The lowest BCUT2D eigenvalue weighted by molar-refractivity contribution is -0.148. The van der Waals surface area contributed by atoms with Crippen LogP contribution in [0.25, 0.3) is 0 Å². The van der Waals surface area contributed by atoms with Gasteiger partial charge in [0.2, 0.25) is 15.9 Å². The van der Waals surface area contributed by atoms with Crippen LogP contribution in [0.1, 0.15) is 12.0 Å². The Kier molecular flexibility index (Phi) is 5.00. The van der Waals surface area contributed by atoms with Gasteiger partial charge >= 0.3 is 5.97 Å². The van der Waals surface area contributed by atoms with Crippen molar-refractivity contribution in [1.82, 2.24) is 4.90 Å². The summed E-state index contributed by atoms with van der Waals surface area (Å²) in [7, 11) is -3.73. The molecule has 0 aromatic heterocycles. The Morgan fingerprint density at radius 1 is 1.39 bits per heavy atom. The van der Waals surface area contributed by atoms with Crippen molar-refractivity contribution in [1.29, 1.82) is 0 Å². The number of carboxylic acids is 1. The van der Waals surface area contributed by atoms with Crippen molar-refractivity contribution in [3.63, 3.8) is 0 Å². The summed E-state index contributed by atoms with van der Waals surface area (Å²) in [5, 5.41) is 14.3. The van der Waals surface area contributed by atoms with E-state index in [2.05, 4.69) is 0 Å². The Hall–Kier alpha value is -2.00. The summed E-state index contributed by atoms with van der Waals surface area (Å²) in [5.74, 6) is -2.94. The number of nitrogens with zero attached hydrogens (tertiary/aromatic N) is 1. The lowest BCUT2D eigenvalue weighted by Gasteiger charge is -2.24. The van der Waals surface area contributed by atoms with Crippen molar-refractivity contribution in [2.24, 2.45) is 11.1 Å². The van der Waals surface area contributed by atoms with Gasteiger partial charge in [-0.25, -0.2) is 22.7 Å². The third-order valence-electron chi connectivity index (χ3n) is 3.71. The lowest BCUT2D eigenvalue weighted by Crippen LogP contribution is -2.44. The molecule has 1 aromatic carbocycles. The number of primary sulfonamides is 1. The molecule has 0 bridgehead atoms. The molecule has 7 nitrogen and oxygen atoms in total. The number of nitrogens with two attached hydrogens (primary N) is 1. The van der Waals surface area contributed by atoms with Gasteiger partial charge in [-0.2, -0.15) is 0 Å². The zero-order valence-electron chi connectivity index (χ0n) is 12.2. The van der Waals surface area contributed by atoms with E-state index in [0.29, 0.717) is 5.56 Å². The Morgan fingerprint density at radius 3 is 2.52 bits per heavy atom. The first-order chi connectivity index (χ1) is 10.7. The number of hydrogen-bond acceptors (Lipinski definition) is 4. The molecule has 1 aliphatic heterocycles. The van der Waals surface area contributed by atoms with Crippen LogP contribution in [0, 0.1) is 11.7 Å². The highest BCUT2D eigenvalue weighted by atomic mass is 32.2. The number of amides is 1. The number of carboxylic acid groups (broad SMARTS) is 1. The van der Waals surface area contributed by atoms with Crippen LogP contribution in [0.4, 0.5) is 4.39 Å². The van der Waals surface area contributed by atoms with Crippen LogP contribution in [0.3, 0.4) is 0 Å². The molecule has 0 spiro atoms. The predicted octanol–water partition coefficient (Wildman–Crippen LogP) is -0.0416. The molecule has 1 aromatic rings. The monoisotopic (exact) mass is 344 g/mol. The van der Waals surface area contributed by atoms with Gasteiger partial charge in [0.1, 0.15) is 11.9 Å². The van der Waals surface area contributed by atoms with Gasteiger partial charge in [0.25, 0.3) is 0 Å². The number of likely N-dealkylation sites (tertiary alicyclic amines) is 1. The van der Waals surface area contributed by atoms with Crippen LogP contribution >= 0.6 is 0 Å². The topological polar surface area (TPSA) is 118 Å². The van der Waals surface area contributed by atoms with Gasteiger partial charge in [-0.15, -0.1) is 0 Å². The van der Waals surface area contributed by atoms with Gasteiger partial charge in [0.05, 0.1) is 5.75 Å². The average Bonchev–Trinajstić information content (AvgIpc) is 2.76. The molecular weight excluding hydrogens is 327 g/mol. The maximum absolute atomic E-state index is 12.9. The quantitative estimate of drug-likeness (QED) is 0.751. The van der Waals surface area contributed by atoms with Crippen LogP contribution in [0.15, 0.2) is 24.3 Å². The van der Waals surface area contributed by atoms with Crippen molar-refractivity contribution in [3.05, 3.63) is 35.6 Å². The van der Waals surface area contributed by atoms with Crippen molar-refractivity contribution in [2.45, 2.75) is 18.9 Å². The molecule has 1 aliphatic rings. The van der Waals surface area contributed by atoms with Gasteiger partial charge in [0, 0.05) is 25.3 Å². The van der Waals surface area contributed by atoms with E-state index in [1.165, 1.54) is 24.3 Å². The number of benzene rings is 1. The Bertz CT molecular complexity index is 704. The average molecular weight is 344 g/mol. The molecule has 1 heterocycles. The molecule has 9 heteroatoms. The zero-order chi connectivity index (χ0) is 17.2. The molecule has 23 heavy (non-hydrogen) atoms. The molecule has 126 valence electrons. The minimum atomic E-state index is -3.73. The third kappa shape index (κ3) is 4.73. The van der Waals surface area contributed by atoms with E-state index in [0.717, 1.165) is 4.90 Å². The lowest BCUT2D eigenvalue weighted by atomic mass is 10.0. The molecule has 1 saturated heterocycles. The Labute approximate surface area is 132 Å². The standard InChI is InChI=1S/C14H17FN2O5S/c15-11-3-1-9(2-4-11)5-12(14(19)20)17-7-10(6-13(17)18)8-23(16,21)22/h1-4,10,12H,5-8H2,(H,19,20)(H2,16,21,22). The molecule has 2 rings (SSSR count). The summed E-state index contributed by atoms with van der Waals surface area (Å²) in [4.78, 5) is 24.7. The fourth-order valence-electron chi connectivity index (χ4n) is 2.72. The number of carbonyl (C=O) groups excluding carboxylic acids is 1. The normalized spacial score (nSPS) is 19.8. The third-order valence-corrected chi connectivity index (χ3v) is 4.65. The van der Waals surface area contributed by atoms with E-state index in [9.17, 15) is 27.5 Å². The Morgan fingerprint density at radius 2 is 2.00 bits per heavy atom. The van der Waals surface area contributed by atoms with Crippen LogP contribution in [-0.4, -0.2) is 48.6 Å². The van der Waals surface area contributed by atoms with Crippen molar-refractivity contribution in [2.75, 3.05) is 12.3 Å². The first-order valence-corrected chi connectivity index (χ1v) is 8.64. The second-order valence-corrected chi connectivity index (χ2v) is 7.29. The molecular formula is C14H17FN2O5S. The number of hydrogen-bond donors (Lipinski definition) is 2. The van der Waals surface area contributed by atoms with E-state index < -0.39 is 39.7 Å². The van der Waals surface area contributed by atoms with Gasteiger partial charge in [-0.05, 0) is 17.7 Å². The SMILES string of the molecule is NS(=O)(=O)CC1CC(=O)N(C(Cc2ccc(F)cc2)C(=O)O)C1. The maximum atomic E-state index is 12.9. The predicted molar refractivity (Wildman–Crippen MR) is 79.3 cm³/mol. The summed E-state index contributed by atoms with van der Waals surface area (Å²) in [6.45, 7) is 0.0213. The van der Waals surface area contributed by atoms with Crippen LogP contribution in [0.5, 0.6) is 0 Å². The number of carbonyl (C=O) groups is 2. The van der Waals surface area contributed by atoms with Gasteiger partial charge in [0.15, 0.2) is 0 Å². The maximum Gasteiger partial charge on any atom is 0.326 e. The van der Waals surface area contributed by atoms with E-state index >= 15 is 0 Å². The smallest absolute Gasteiger partial charge is 0.326 e. The molecule has 2 atom stereocenters. The number of rotatable bonds is 6. The van der Waals surface area contributed by atoms with Crippen molar-refractivity contribution < 1.29 is 27.5 Å². The van der Waals surface area contributed by atoms with E-state index in [-0.39, 0.29) is 25.1 Å². The highest BCUT2D eigenvalue weighted by Crippen LogP contribution is 2.23. The molecule has 2 unspecified atom stereocenters. The summed E-state index contributed by atoms with van der Waals surface area (Å²) in [6, 6.07) is 4.20. The summed E-state index contributed by atoms with van der Waals surface area (Å²) in [6.07, 6.45) is -0.0346. The van der Waals surface area contributed by atoms with E-state index in [1.54, 1.807) is 0 Å². The summed E-state index contributed by atoms with van der Waals surface area (Å²) >= 11 is 0. The zero-order valence-corrected chi connectivity index (χ0v) is 13.0. The van der Waals surface area contributed by atoms with Gasteiger partial charge in [-0.3, -0.25) is 4.79 Å². The molecule has 1 fully saturated rings. The fourth-order valence-corrected chi connectivity index (χ4v) is 3.60. The minimum Gasteiger partial charge on any atom is -0.480 e. The molecule has 0 saturated carbocycles.